The minimum absolute atomic E-state index is 0.0979. The van der Waals surface area contributed by atoms with Crippen LogP contribution in [0.5, 0.6) is 5.75 Å². The predicted molar refractivity (Wildman–Crippen MR) is 76.5 cm³/mol. The van der Waals surface area contributed by atoms with E-state index in [0.717, 1.165) is 18.6 Å². The van der Waals surface area contributed by atoms with Crippen molar-refractivity contribution in [1.29, 1.82) is 0 Å². The molecule has 0 radical (unpaired) electrons. The number of aliphatic hydroxyl groups is 1. The molecular weight excluding hydrogens is 224 g/mol. The van der Waals surface area contributed by atoms with Gasteiger partial charge in [0.15, 0.2) is 0 Å². The Hall–Kier alpha value is -1.02. The van der Waals surface area contributed by atoms with Gasteiger partial charge >= 0.3 is 0 Å². The maximum Gasteiger partial charge on any atom is 0.125 e. The molecule has 1 aromatic rings. The Morgan fingerprint density at radius 3 is 2.33 bits per heavy atom. The van der Waals surface area contributed by atoms with Gasteiger partial charge in [-0.1, -0.05) is 39.8 Å². The van der Waals surface area contributed by atoms with Gasteiger partial charge in [0, 0.05) is 12.2 Å². The Morgan fingerprint density at radius 1 is 1.22 bits per heavy atom. The first kappa shape index (κ1) is 15.0. The minimum Gasteiger partial charge on any atom is -0.496 e. The maximum absolute atomic E-state index is 9.13. The van der Waals surface area contributed by atoms with Crippen molar-refractivity contribution in [3.63, 3.8) is 0 Å². The van der Waals surface area contributed by atoms with Gasteiger partial charge in [-0.3, -0.25) is 0 Å². The monoisotopic (exact) mass is 250 g/mol. The Labute approximate surface area is 111 Å². The lowest BCUT2D eigenvalue weighted by Crippen LogP contribution is -2.18. The summed E-state index contributed by atoms with van der Waals surface area (Å²) in [6.45, 7) is 9.02. The van der Waals surface area contributed by atoms with Crippen molar-refractivity contribution >= 4 is 0 Å². The van der Waals surface area contributed by atoms with Crippen LogP contribution in [-0.2, 0) is 18.3 Å². The minimum atomic E-state index is 0.0979. The van der Waals surface area contributed by atoms with Gasteiger partial charge in [0.25, 0.3) is 0 Å². The highest BCUT2D eigenvalue weighted by Crippen LogP contribution is 2.37. The molecule has 1 N–H and O–H groups in total. The topological polar surface area (TPSA) is 29.5 Å². The Kier molecular flexibility index (Phi) is 5.21. The van der Waals surface area contributed by atoms with E-state index in [1.165, 1.54) is 16.7 Å². The number of ether oxygens (including phenoxy) is 1. The molecule has 0 amide bonds. The molecule has 1 aromatic carbocycles. The zero-order valence-corrected chi connectivity index (χ0v) is 12.3. The molecule has 0 aliphatic carbocycles. The highest BCUT2D eigenvalue weighted by atomic mass is 16.5. The van der Waals surface area contributed by atoms with Crippen LogP contribution >= 0.6 is 0 Å². The van der Waals surface area contributed by atoms with Crippen molar-refractivity contribution in [3.8, 4) is 5.75 Å². The molecule has 1 rings (SSSR count). The van der Waals surface area contributed by atoms with Gasteiger partial charge in [0.1, 0.15) is 5.75 Å². The van der Waals surface area contributed by atoms with Crippen LogP contribution in [0.1, 0.15) is 50.8 Å². The Bertz CT molecular complexity index is 394. The number of methoxy groups -OCH3 is 1. The van der Waals surface area contributed by atoms with Crippen molar-refractivity contribution in [2.45, 2.75) is 52.4 Å². The predicted octanol–water partition coefficient (Wildman–Crippen LogP) is 3.48. The van der Waals surface area contributed by atoms with E-state index < -0.39 is 0 Å². The third-order valence-corrected chi connectivity index (χ3v) is 3.82. The zero-order chi connectivity index (χ0) is 13.8. The summed E-state index contributed by atoms with van der Waals surface area (Å²) in [6, 6.07) is 4.35. The van der Waals surface area contributed by atoms with Crippen LogP contribution < -0.4 is 4.74 Å². The maximum atomic E-state index is 9.13. The highest BCUT2D eigenvalue weighted by molar-refractivity contribution is 5.48. The third kappa shape index (κ3) is 3.05. The van der Waals surface area contributed by atoms with E-state index >= 15 is 0 Å². The van der Waals surface area contributed by atoms with Crippen LogP contribution in [0.4, 0.5) is 0 Å². The number of hydrogen-bond acceptors (Lipinski definition) is 2. The number of aliphatic hydroxyl groups excluding tert-OH is 1. The van der Waals surface area contributed by atoms with Gasteiger partial charge in [-0.25, -0.2) is 0 Å². The van der Waals surface area contributed by atoms with Crippen LogP contribution in [0.3, 0.4) is 0 Å². The van der Waals surface area contributed by atoms with E-state index in [9.17, 15) is 0 Å². The van der Waals surface area contributed by atoms with Crippen molar-refractivity contribution < 1.29 is 9.84 Å². The molecule has 2 nitrogen and oxygen atoms in total. The molecular formula is C16H26O2. The Morgan fingerprint density at radius 2 is 1.89 bits per heavy atom. The molecule has 2 heteroatoms. The van der Waals surface area contributed by atoms with Gasteiger partial charge in [0.05, 0.1) is 7.11 Å². The molecule has 0 atom stereocenters. The highest BCUT2D eigenvalue weighted by Gasteiger charge is 2.24. The molecule has 0 aliphatic heterocycles. The van der Waals surface area contributed by atoms with E-state index in [1.807, 2.05) is 0 Å². The second kappa shape index (κ2) is 6.24. The van der Waals surface area contributed by atoms with E-state index in [1.54, 1.807) is 7.11 Å². The standard InChI is InChI=1S/C16H26O2/c1-6-13-10-12(8-9-17)11-14(15(13)18-5)16(3,4)7-2/h10-11,17H,6-9H2,1-5H3. The van der Waals surface area contributed by atoms with Crippen molar-refractivity contribution in [1.82, 2.24) is 0 Å². The summed E-state index contributed by atoms with van der Waals surface area (Å²) in [5.41, 5.74) is 3.79. The average Bonchev–Trinajstić information content (AvgIpc) is 2.38. The van der Waals surface area contributed by atoms with Crippen LogP contribution in [-0.4, -0.2) is 18.8 Å². The SMILES string of the molecule is CCc1cc(CCO)cc(C(C)(C)CC)c1OC. The van der Waals surface area contributed by atoms with Crippen LogP contribution in [0, 0.1) is 0 Å². The quantitative estimate of drug-likeness (QED) is 0.837. The summed E-state index contributed by atoms with van der Waals surface area (Å²) in [7, 11) is 1.75. The van der Waals surface area contributed by atoms with Crippen LogP contribution in [0.2, 0.25) is 0 Å². The lowest BCUT2D eigenvalue weighted by molar-refractivity contribution is 0.299. The smallest absolute Gasteiger partial charge is 0.125 e. The van der Waals surface area contributed by atoms with Gasteiger partial charge in [-0.05, 0) is 35.8 Å². The first-order valence-electron chi connectivity index (χ1n) is 6.81. The van der Waals surface area contributed by atoms with Gasteiger partial charge in [-0.15, -0.1) is 0 Å². The largest absolute Gasteiger partial charge is 0.496 e. The lowest BCUT2D eigenvalue weighted by Gasteiger charge is -2.28. The third-order valence-electron chi connectivity index (χ3n) is 3.82. The number of benzene rings is 1. The molecule has 0 aromatic heterocycles. The first-order valence-corrected chi connectivity index (χ1v) is 6.81. The lowest BCUT2D eigenvalue weighted by atomic mass is 9.79. The van der Waals surface area contributed by atoms with Crippen molar-refractivity contribution in [2.75, 3.05) is 13.7 Å². The molecule has 0 bridgehead atoms. The molecule has 0 heterocycles. The molecule has 0 aliphatic rings. The molecule has 18 heavy (non-hydrogen) atoms. The normalized spacial score (nSPS) is 11.7. The van der Waals surface area contributed by atoms with Crippen molar-refractivity contribution in [3.05, 3.63) is 28.8 Å². The fourth-order valence-electron chi connectivity index (χ4n) is 2.23. The summed E-state index contributed by atoms with van der Waals surface area (Å²) in [5, 5.41) is 9.13. The molecule has 0 unspecified atom stereocenters. The fourth-order valence-corrected chi connectivity index (χ4v) is 2.23. The van der Waals surface area contributed by atoms with Crippen LogP contribution in [0.15, 0.2) is 12.1 Å². The molecule has 0 spiro atoms. The fraction of sp³-hybridized carbons (Fsp3) is 0.625. The Balaban J connectivity index is 3.40. The summed E-state index contributed by atoms with van der Waals surface area (Å²) in [6.07, 6.45) is 2.73. The second-order valence-corrected chi connectivity index (χ2v) is 5.40. The van der Waals surface area contributed by atoms with E-state index in [4.69, 9.17) is 9.84 Å². The van der Waals surface area contributed by atoms with Gasteiger partial charge in [-0.2, -0.15) is 0 Å². The number of aryl methyl sites for hydroxylation is 1. The summed E-state index contributed by atoms with van der Waals surface area (Å²) >= 11 is 0. The summed E-state index contributed by atoms with van der Waals surface area (Å²) in [4.78, 5) is 0. The molecule has 102 valence electrons. The average molecular weight is 250 g/mol. The summed E-state index contributed by atoms with van der Waals surface area (Å²) in [5.74, 6) is 1.02. The van der Waals surface area contributed by atoms with E-state index in [-0.39, 0.29) is 12.0 Å². The molecule has 0 saturated heterocycles. The van der Waals surface area contributed by atoms with E-state index in [0.29, 0.717) is 6.42 Å². The van der Waals surface area contributed by atoms with Gasteiger partial charge < -0.3 is 9.84 Å². The van der Waals surface area contributed by atoms with Crippen molar-refractivity contribution in [2.24, 2.45) is 0 Å². The van der Waals surface area contributed by atoms with Crippen LogP contribution in [0.25, 0.3) is 0 Å². The molecule has 0 saturated carbocycles. The molecule has 0 fully saturated rings. The summed E-state index contributed by atoms with van der Waals surface area (Å²) < 4.78 is 5.63. The number of rotatable bonds is 6. The second-order valence-electron chi connectivity index (χ2n) is 5.40. The zero-order valence-electron chi connectivity index (χ0n) is 12.3. The first-order chi connectivity index (χ1) is 8.50. The number of hydrogen-bond donors (Lipinski definition) is 1. The van der Waals surface area contributed by atoms with Gasteiger partial charge in [0.2, 0.25) is 0 Å². The van der Waals surface area contributed by atoms with E-state index in [2.05, 4.69) is 39.8 Å².